The maximum atomic E-state index is 12.2. The second-order valence-corrected chi connectivity index (χ2v) is 4.77. The largest absolute Gasteiger partial charge is 0.508 e. The molecule has 0 unspecified atom stereocenters. The molecule has 1 fully saturated rings. The minimum atomic E-state index is 0.108. The maximum Gasteiger partial charge on any atom is 0.166 e. The second-order valence-electron chi connectivity index (χ2n) is 4.77. The SMILES string of the molecule is O=C(c1ccc(O)cc1)[C@@H]1C[C@@H]1c1ccccc1. The molecule has 2 aromatic rings. The first-order valence-corrected chi connectivity index (χ1v) is 6.14. The highest BCUT2D eigenvalue weighted by Gasteiger charge is 2.43. The molecular formula is C16H14O2. The Morgan fingerprint density at radius 3 is 2.33 bits per heavy atom. The third kappa shape index (κ3) is 2.02. The molecule has 0 radical (unpaired) electrons. The summed E-state index contributed by atoms with van der Waals surface area (Å²) in [6, 6.07) is 16.7. The summed E-state index contributed by atoms with van der Waals surface area (Å²) in [5.74, 6) is 0.857. The average molecular weight is 238 g/mol. The van der Waals surface area contributed by atoms with Crippen molar-refractivity contribution in [2.45, 2.75) is 12.3 Å². The summed E-state index contributed by atoms with van der Waals surface area (Å²) in [5.41, 5.74) is 1.94. The zero-order valence-electron chi connectivity index (χ0n) is 9.91. The van der Waals surface area contributed by atoms with E-state index in [0.29, 0.717) is 11.5 Å². The molecule has 0 amide bonds. The van der Waals surface area contributed by atoms with Crippen LogP contribution in [0.1, 0.15) is 28.3 Å². The fourth-order valence-corrected chi connectivity index (χ4v) is 2.39. The minimum absolute atomic E-state index is 0.108. The molecule has 0 aromatic heterocycles. The van der Waals surface area contributed by atoms with Gasteiger partial charge in [-0.3, -0.25) is 4.79 Å². The Morgan fingerprint density at radius 1 is 1.00 bits per heavy atom. The molecule has 1 aliphatic rings. The molecule has 2 heteroatoms. The third-order valence-electron chi connectivity index (χ3n) is 3.51. The number of carbonyl (C=O) groups is 1. The van der Waals surface area contributed by atoms with Crippen LogP contribution in [-0.2, 0) is 0 Å². The molecule has 2 atom stereocenters. The number of Topliss-reactive ketones (excluding diaryl/α,β-unsaturated/α-hetero) is 1. The van der Waals surface area contributed by atoms with Gasteiger partial charge in [0.25, 0.3) is 0 Å². The Kier molecular flexibility index (Phi) is 2.63. The predicted octanol–water partition coefficient (Wildman–Crippen LogP) is 3.38. The highest BCUT2D eigenvalue weighted by Crippen LogP contribution is 2.49. The third-order valence-corrected chi connectivity index (χ3v) is 3.51. The topological polar surface area (TPSA) is 37.3 Å². The molecule has 1 saturated carbocycles. The van der Waals surface area contributed by atoms with Gasteiger partial charge >= 0.3 is 0 Å². The van der Waals surface area contributed by atoms with Gasteiger partial charge in [-0.15, -0.1) is 0 Å². The van der Waals surface area contributed by atoms with Crippen LogP contribution in [-0.4, -0.2) is 10.9 Å². The van der Waals surface area contributed by atoms with E-state index in [-0.39, 0.29) is 17.5 Å². The zero-order chi connectivity index (χ0) is 12.5. The summed E-state index contributed by atoms with van der Waals surface area (Å²) in [6.07, 6.45) is 0.934. The van der Waals surface area contributed by atoms with Gasteiger partial charge in [0.2, 0.25) is 0 Å². The van der Waals surface area contributed by atoms with Crippen LogP contribution in [0.4, 0.5) is 0 Å². The molecule has 0 aliphatic heterocycles. The standard InChI is InChI=1S/C16H14O2/c17-13-8-6-12(7-9-13)16(18)15-10-14(15)11-4-2-1-3-5-11/h1-9,14-15,17H,10H2/t14-,15-/m1/s1. The number of carbonyl (C=O) groups excluding carboxylic acids is 1. The number of phenolic OH excluding ortho intramolecular Hbond substituents is 1. The summed E-state index contributed by atoms with van der Waals surface area (Å²) < 4.78 is 0. The monoisotopic (exact) mass is 238 g/mol. The van der Waals surface area contributed by atoms with Crippen molar-refractivity contribution in [2.75, 3.05) is 0 Å². The van der Waals surface area contributed by atoms with Gasteiger partial charge in [0, 0.05) is 11.5 Å². The lowest BCUT2D eigenvalue weighted by atomic mass is 10.0. The minimum Gasteiger partial charge on any atom is -0.508 e. The van der Waals surface area contributed by atoms with Crippen molar-refractivity contribution in [1.29, 1.82) is 0 Å². The number of ketones is 1. The molecule has 0 saturated heterocycles. The molecule has 1 aliphatic carbocycles. The van der Waals surface area contributed by atoms with Crippen molar-refractivity contribution in [2.24, 2.45) is 5.92 Å². The van der Waals surface area contributed by atoms with Crippen LogP contribution in [0.25, 0.3) is 0 Å². The van der Waals surface area contributed by atoms with Crippen LogP contribution < -0.4 is 0 Å². The number of hydrogen-bond donors (Lipinski definition) is 1. The molecule has 2 nitrogen and oxygen atoms in total. The smallest absolute Gasteiger partial charge is 0.166 e. The van der Waals surface area contributed by atoms with E-state index in [1.54, 1.807) is 24.3 Å². The Morgan fingerprint density at radius 2 is 1.67 bits per heavy atom. The van der Waals surface area contributed by atoms with Gasteiger partial charge in [-0.2, -0.15) is 0 Å². The van der Waals surface area contributed by atoms with Gasteiger partial charge in [-0.05, 0) is 42.2 Å². The fourth-order valence-electron chi connectivity index (χ4n) is 2.39. The number of rotatable bonds is 3. The molecule has 90 valence electrons. The first-order chi connectivity index (χ1) is 8.75. The molecule has 1 N–H and O–H groups in total. The molecule has 2 aromatic carbocycles. The Balaban J connectivity index is 1.75. The van der Waals surface area contributed by atoms with Crippen molar-refractivity contribution in [3.05, 3.63) is 65.7 Å². The summed E-state index contributed by atoms with van der Waals surface area (Å²) in [6.45, 7) is 0. The molecule has 18 heavy (non-hydrogen) atoms. The molecule has 0 spiro atoms. The average Bonchev–Trinajstić information content (AvgIpc) is 3.20. The van der Waals surface area contributed by atoms with Crippen LogP contribution in [0.3, 0.4) is 0 Å². The van der Waals surface area contributed by atoms with Gasteiger partial charge in [-0.25, -0.2) is 0 Å². The van der Waals surface area contributed by atoms with Crippen molar-refractivity contribution >= 4 is 5.78 Å². The molecule has 0 bridgehead atoms. The summed E-state index contributed by atoms with van der Waals surface area (Å²) >= 11 is 0. The van der Waals surface area contributed by atoms with Gasteiger partial charge in [-0.1, -0.05) is 30.3 Å². The van der Waals surface area contributed by atoms with E-state index < -0.39 is 0 Å². The van der Waals surface area contributed by atoms with E-state index in [0.717, 1.165) is 6.42 Å². The zero-order valence-corrected chi connectivity index (χ0v) is 9.91. The highest BCUT2D eigenvalue weighted by atomic mass is 16.3. The van der Waals surface area contributed by atoms with E-state index in [1.165, 1.54) is 5.56 Å². The molecule has 0 heterocycles. The lowest BCUT2D eigenvalue weighted by Gasteiger charge is -2.01. The summed E-state index contributed by atoms with van der Waals surface area (Å²) in [7, 11) is 0. The van der Waals surface area contributed by atoms with E-state index in [4.69, 9.17) is 0 Å². The first kappa shape index (κ1) is 11.0. The van der Waals surface area contributed by atoms with Crippen LogP contribution in [0, 0.1) is 5.92 Å². The molecular weight excluding hydrogens is 224 g/mol. The highest BCUT2D eigenvalue weighted by molar-refractivity contribution is 6.00. The number of benzene rings is 2. The van der Waals surface area contributed by atoms with Crippen molar-refractivity contribution in [3.63, 3.8) is 0 Å². The lowest BCUT2D eigenvalue weighted by Crippen LogP contribution is -2.02. The Bertz CT molecular complexity index is 557. The van der Waals surface area contributed by atoms with Crippen molar-refractivity contribution in [1.82, 2.24) is 0 Å². The number of hydrogen-bond acceptors (Lipinski definition) is 2. The van der Waals surface area contributed by atoms with Crippen molar-refractivity contribution < 1.29 is 9.90 Å². The van der Waals surface area contributed by atoms with Crippen LogP contribution in [0.2, 0.25) is 0 Å². The van der Waals surface area contributed by atoms with Crippen LogP contribution >= 0.6 is 0 Å². The Hall–Kier alpha value is -2.09. The van der Waals surface area contributed by atoms with E-state index in [2.05, 4.69) is 12.1 Å². The second kappa shape index (κ2) is 4.30. The number of aromatic hydroxyl groups is 1. The van der Waals surface area contributed by atoms with Crippen LogP contribution in [0.15, 0.2) is 54.6 Å². The van der Waals surface area contributed by atoms with Gasteiger partial charge in [0.1, 0.15) is 5.75 Å². The predicted molar refractivity (Wildman–Crippen MR) is 69.7 cm³/mol. The van der Waals surface area contributed by atoms with Gasteiger partial charge in [0.05, 0.1) is 0 Å². The van der Waals surface area contributed by atoms with Gasteiger partial charge < -0.3 is 5.11 Å². The Labute approximate surface area is 106 Å². The first-order valence-electron chi connectivity index (χ1n) is 6.14. The fraction of sp³-hybridized carbons (Fsp3) is 0.188. The normalized spacial score (nSPS) is 21.6. The van der Waals surface area contributed by atoms with E-state index in [1.807, 2.05) is 18.2 Å². The summed E-state index contributed by atoms with van der Waals surface area (Å²) in [5, 5.41) is 9.21. The van der Waals surface area contributed by atoms with Crippen molar-refractivity contribution in [3.8, 4) is 5.75 Å². The van der Waals surface area contributed by atoms with Crippen LogP contribution in [0.5, 0.6) is 5.75 Å². The van der Waals surface area contributed by atoms with Gasteiger partial charge in [0.15, 0.2) is 5.78 Å². The number of phenols is 1. The lowest BCUT2D eigenvalue weighted by molar-refractivity contribution is 0.0965. The van der Waals surface area contributed by atoms with E-state index in [9.17, 15) is 9.90 Å². The maximum absolute atomic E-state index is 12.2. The van der Waals surface area contributed by atoms with E-state index >= 15 is 0 Å². The quantitative estimate of drug-likeness (QED) is 0.832. The molecule has 3 rings (SSSR count). The summed E-state index contributed by atoms with van der Waals surface area (Å²) in [4.78, 5) is 12.2.